The van der Waals surface area contributed by atoms with Crippen LogP contribution in [0.15, 0.2) is 40.5 Å². The molecule has 0 aliphatic rings. The lowest BCUT2D eigenvalue weighted by atomic mass is 10.2. The molecule has 3 rings (SSSR count). The van der Waals surface area contributed by atoms with Crippen molar-refractivity contribution in [1.29, 1.82) is 0 Å². The summed E-state index contributed by atoms with van der Waals surface area (Å²) in [5.74, 6) is 0.690. The van der Waals surface area contributed by atoms with Gasteiger partial charge in [-0.25, -0.2) is 15.0 Å². The molecule has 0 aliphatic carbocycles. The summed E-state index contributed by atoms with van der Waals surface area (Å²) in [6.07, 6.45) is 8.67. The molecule has 0 fully saturated rings. The molecule has 7 heteroatoms. The van der Waals surface area contributed by atoms with Gasteiger partial charge in [-0.3, -0.25) is 9.39 Å². The van der Waals surface area contributed by atoms with Crippen molar-refractivity contribution in [3.63, 3.8) is 0 Å². The zero-order valence-electron chi connectivity index (χ0n) is 14.0. The Labute approximate surface area is 145 Å². The first-order chi connectivity index (χ1) is 11.7. The van der Waals surface area contributed by atoms with Gasteiger partial charge >= 0.3 is 0 Å². The number of hydrogen-bond donors (Lipinski definition) is 1. The van der Waals surface area contributed by atoms with Crippen LogP contribution in [-0.4, -0.2) is 32.2 Å². The number of nitrogens with one attached hydrogen (secondary N) is 1. The molecule has 124 valence electrons. The number of aliphatic imine (C=N–C) groups is 1. The number of aromatic nitrogens is 4. The van der Waals surface area contributed by atoms with E-state index >= 15 is 0 Å². The van der Waals surface area contributed by atoms with Crippen molar-refractivity contribution in [3.05, 3.63) is 41.2 Å². The fraction of sp³-hybridized carbons (Fsp3) is 0.294. The SMILES string of the molecule is CC=C(C=NCNc1nc(-c2c(C)nc3ncccn23)cs1)CC. The highest BCUT2D eigenvalue weighted by Crippen LogP contribution is 2.27. The number of allylic oxidation sites excluding steroid dienone is 2. The van der Waals surface area contributed by atoms with Crippen molar-refractivity contribution < 1.29 is 0 Å². The van der Waals surface area contributed by atoms with Gasteiger partial charge in [-0.15, -0.1) is 11.3 Å². The van der Waals surface area contributed by atoms with Gasteiger partial charge in [0.05, 0.1) is 11.4 Å². The quantitative estimate of drug-likeness (QED) is 0.690. The van der Waals surface area contributed by atoms with Crippen LogP contribution in [0, 0.1) is 6.92 Å². The predicted molar refractivity (Wildman–Crippen MR) is 99.9 cm³/mol. The van der Waals surface area contributed by atoms with E-state index in [1.54, 1.807) is 17.5 Å². The Balaban J connectivity index is 1.75. The highest BCUT2D eigenvalue weighted by atomic mass is 32.1. The Bertz CT molecular complexity index is 890. The molecule has 6 nitrogen and oxygen atoms in total. The first-order valence-corrected chi connectivity index (χ1v) is 8.75. The fourth-order valence-electron chi connectivity index (χ4n) is 2.42. The Hall–Kier alpha value is -2.54. The third-order valence-electron chi connectivity index (χ3n) is 3.68. The van der Waals surface area contributed by atoms with Gasteiger partial charge in [-0.2, -0.15) is 0 Å². The van der Waals surface area contributed by atoms with Gasteiger partial charge in [0.25, 0.3) is 0 Å². The molecule has 0 bridgehead atoms. The zero-order chi connectivity index (χ0) is 16.9. The summed E-state index contributed by atoms with van der Waals surface area (Å²) in [4.78, 5) is 17.8. The van der Waals surface area contributed by atoms with Crippen molar-refractivity contribution in [1.82, 2.24) is 19.4 Å². The smallest absolute Gasteiger partial charge is 0.234 e. The normalized spacial score (nSPS) is 12.4. The van der Waals surface area contributed by atoms with Gasteiger partial charge in [0.2, 0.25) is 5.78 Å². The molecule has 0 aliphatic heterocycles. The Morgan fingerprint density at radius 2 is 2.29 bits per heavy atom. The van der Waals surface area contributed by atoms with E-state index in [0.717, 1.165) is 28.6 Å². The van der Waals surface area contributed by atoms with E-state index in [-0.39, 0.29) is 0 Å². The maximum atomic E-state index is 4.65. The molecule has 0 amide bonds. The Kier molecular flexibility index (Phi) is 5.00. The van der Waals surface area contributed by atoms with Crippen molar-refractivity contribution >= 4 is 28.5 Å². The van der Waals surface area contributed by atoms with E-state index in [9.17, 15) is 0 Å². The number of anilines is 1. The summed E-state index contributed by atoms with van der Waals surface area (Å²) < 4.78 is 1.96. The second-order valence-corrected chi connectivity index (χ2v) is 6.10. The predicted octanol–water partition coefficient (Wildman–Crippen LogP) is 3.96. The van der Waals surface area contributed by atoms with E-state index in [0.29, 0.717) is 12.4 Å². The summed E-state index contributed by atoms with van der Waals surface area (Å²) in [6.45, 7) is 6.63. The fourth-order valence-corrected chi connectivity index (χ4v) is 3.10. The number of fused-ring (bicyclic) bond motifs is 1. The van der Waals surface area contributed by atoms with Crippen LogP contribution in [0.2, 0.25) is 0 Å². The van der Waals surface area contributed by atoms with Gasteiger partial charge in [0.15, 0.2) is 5.13 Å². The highest BCUT2D eigenvalue weighted by Gasteiger charge is 2.14. The van der Waals surface area contributed by atoms with Crippen molar-refractivity contribution in [3.8, 4) is 11.4 Å². The lowest BCUT2D eigenvalue weighted by Gasteiger charge is -1.99. The molecule has 24 heavy (non-hydrogen) atoms. The minimum atomic E-state index is 0.512. The van der Waals surface area contributed by atoms with E-state index in [1.165, 1.54) is 5.57 Å². The van der Waals surface area contributed by atoms with Crippen molar-refractivity contribution in [2.75, 3.05) is 12.0 Å². The molecule has 3 aromatic heterocycles. The Morgan fingerprint density at radius 1 is 1.42 bits per heavy atom. The number of aryl methyl sites for hydroxylation is 1. The van der Waals surface area contributed by atoms with E-state index in [1.807, 2.05) is 42.1 Å². The van der Waals surface area contributed by atoms with Crippen LogP contribution in [0.1, 0.15) is 26.0 Å². The van der Waals surface area contributed by atoms with Crippen LogP contribution < -0.4 is 5.32 Å². The molecule has 0 radical (unpaired) electrons. The van der Waals surface area contributed by atoms with Gasteiger partial charge in [0, 0.05) is 24.0 Å². The summed E-state index contributed by atoms with van der Waals surface area (Å²) in [7, 11) is 0. The highest BCUT2D eigenvalue weighted by molar-refractivity contribution is 7.14. The third kappa shape index (κ3) is 3.35. The molecule has 1 N–H and O–H groups in total. The largest absolute Gasteiger partial charge is 0.342 e. The van der Waals surface area contributed by atoms with E-state index in [2.05, 4.69) is 38.3 Å². The molecule has 0 saturated heterocycles. The maximum absolute atomic E-state index is 4.65. The average Bonchev–Trinajstić information content (AvgIpc) is 3.18. The average molecular weight is 340 g/mol. The number of imidazole rings is 1. The Morgan fingerprint density at radius 3 is 3.08 bits per heavy atom. The summed E-state index contributed by atoms with van der Waals surface area (Å²) in [5, 5.41) is 6.11. The van der Waals surface area contributed by atoms with E-state index < -0.39 is 0 Å². The minimum absolute atomic E-state index is 0.512. The molecule has 3 aromatic rings. The summed E-state index contributed by atoms with van der Waals surface area (Å²) in [6, 6.07) is 1.89. The molecule has 0 atom stereocenters. The first-order valence-electron chi connectivity index (χ1n) is 7.87. The number of thiazole rings is 1. The molecule has 0 aromatic carbocycles. The standard InChI is InChI=1S/C17H20N6S/c1-4-13(5-2)9-18-11-20-17-22-14(10-24-17)15-12(3)21-16-19-7-6-8-23(15)16/h4,6-10H,5,11H2,1-3H3,(H,20,22). The number of rotatable bonds is 6. The number of nitrogens with zero attached hydrogens (tertiary/aromatic N) is 5. The van der Waals surface area contributed by atoms with Gasteiger partial charge in [0.1, 0.15) is 12.4 Å². The van der Waals surface area contributed by atoms with Gasteiger partial charge < -0.3 is 5.32 Å². The summed E-state index contributed by atoms with van der Waals surface area (Å²) in [5.41, 5.74) is 4.02. The van der Waals surface area contributed by atoms with Crippen LogP contribution in [0.3, 0.4) is 0 Å². The van der Waals surface area contributed by atoms with E-state index in [4.69, 9.17) is 0 Å². The van der Waals surface area contributed by atoms with Crippen LogP contribution in [-0.2, 0) is 0 Å². The van der Waals surface area contributed by atoms with Crippen LogP contribution in [0.5, 0.6) is 0 Å². The first kappa shape index (κ1) is 16.3. The molecule has 0 unspecified atom stereocenters. The van der Waals surface area contributed by atoms with Crippen LogP contribution in [0.25, 0.3) is 17.2 Å². The second-order valence-electron chi connectivity index (χ2n) is 5.24. The van der Waals surface area contributed by atoms with Crippen molar-refractivity contribution in [2.24, 2.45) is 4.99 Å². The maximum Gasteiger partial charge on any atom is 0.234 e. The van der Waals surface area contributed by atoms with Gasteiger partial charge in [-0.05, 0) is 31.9 Å². The lowest BCUT2D eigenvalue weighted by molar-refractivity contribution is 1.10. The minimum Gasteiger partial charge on any atom is -0.342 e. The molecule has 3 heterocycles. The third-order valence-corrected chi connectivity index (χ3v) is 4.48. The molecular formula is C17H20N6S. The molecule has 0 spiro atoms. The summed E-state index contributed by atoms with van der Waals surface area (Å²) >= 11 is 1.56. The van der Waals surface area contributed by atoms with Gasteiger partial charge in [-0.1, -0.05) is 13.0 Å². The number of hydrogen-bond acceptors (Lipinski definition) is 6. The monoisotopic (exact) mass is 340 g/mol. The molecule has 0 saturated carbocycles. The van der Waals surface area contributed by atoms with Crippen LogP contribution >= 0.6 is 11.3 Å². The van der Waals surface area contributed by atoms with Crippen LogP contribution in [0.4, 0.5) is 5.13 Å². The second kappa shape index (κ2) is 7.35. The topological polar surface area (TPSA) is 67.5 Å². The van der Waals surface area contributed by atoms with Crippen molar-refractivity contribution in [2.45, 2.75) is 27.2 Å². The molecular weight excluding hydrogens is 320 g/mol. The zero-order valence-corrected chi connectivity index (χ0v) is 14.8. The lowest BCUT2D eigenvalue weighted by Crippen LogP contribution is -1.99.